The van der Waals surface area contributed by atoms with E-state index in [1.165, 1.54) is 25.9 Å². The molecule has 8 heteroatoms. The fourth-order valence-corrected chi connectivity index (χ4v) is 5.04. The van der Waals surface area contributed by atoms with Gasteiger partial charge in [0, 0.05) is 56.5 Å². The van der Waals surface area contributed by atoms with Crippen LogP contribution >= 0.6 is 11.3 Å². The SMILES string of the molecule is NC(=NCC1(N2CCCC2)CCOCC1)N1CCN(c2nccs2)CC1. The quantitative estimate of drug-likeness (QED) is 0.628. The largest absolute Gasteiger partial charge is 0.381 e. The highest BCUT2D eigenvalue weighted by Crippen LogP contribution is 2.31. The van der Waals surface area contributed by atoms with Gasteiger partial charge in [-0.15, -0.1) is 11.3 Å². The third-order valence-corrected chi connectivity index (χ3v) is 6.86. The summed E-state index contributed by atoms with van der Waals surface area (Å²) >= 11 is 1.70. The zero-order valence-corrected chi connectivity index (χ0v) is 16.3. The summed E-state index contributed by atoms with van der Waals surface area (Å²) in [5.74, 6) is 0.703. The standard InChI is InChI=1S/C18H30N6OS/c19-16(22-8-10-23(11-9-22)17-20-5-14-26-17)21-15-18(3-12-25-13-4-18)24-6-1-2-7-24/h5,14H,1-4,6-13,15H2,(H2,19,21). The summed E-state index contributed by atoms with van der Waals surface area (Å²) in [6.07, 6.45) is 6.62. The number of ether oxygens (including phenoxy) is 1. The summed E-state index contributed by atoms with van der Waals surface area (Å²) in [6, 6.07) is 0. The van der Waals surface area contributed by atoms with E-state index in [0.717, 1.165) is 63.9 Å². The second-order valence-corrected chi connectivity index (χ2v) is 8.37. The van der Waals surface area contributed by atoms with Gasteiger partial charge >= 0.3 is 0 Å². The molecule has 3 aliphatic heterocycles. The normalized spacial score (nSPS) is 25.0. The van der Waals surface area contributed by atoms with Crippen molar-refractivity contribution in [2.45, 2.75) is 31.2 Å². The Balaban J connectivity index is 1.36. The number of aromatic nitrogens is 1. The first kappa shape index (κ1) is 18.0. The lowest BCUT2D eigenvalue weighted by Crippen LogP contribution is -2.55. The zero-order chi connectivity index (χ0) is 17.8. The molecule has 4 heterocycles. The van der Waals surface area contributed by atoms with Gasteiger partial charge in [0.05, 0.1) is 6.54 Å². The third-order valence-electron chi connectivity index (χ3n) is 6.03. The molecule has 0 radical (unpaired) electrons. The number of hydrogen-bond donors (Lipinski definition) is 1. The van der Waals surface area contributed by atoms with Crippen LogP contribution in [0.15, 0.2) is 16.6 Å². The maximum Gasteiger partial charge on any atom is 0.191 e. The molecule has 0 atom stereocenters. The fraction of sp³-hybridized carbons (Fsp3) is 0.778. The molecule has 3 saturated heterocycles. The first-order valence-electron chi connectivity index (χ1n) is 9.79. The van der Waals surface area contributed by atoms with Gasteiger partial charge in [0.2, 0.25) is 0 Å². The lowest BCUT2D eigenvalue weighted by molar-refractivity contribution is -0.0139. The monoisotopic (exact) mass is 378 g/mol. The Labute approximate surface area is 159 Å². The predicted molar refractivity (Wildman–Crippen MR) is 106 cm³/mol. The van der Waals surface area contributed by atoms with Crippen molar-refractivity contribution in [3.63, 3.8) is 0 Å². The van der Waals surface area contributed by atoms with Crippen molar-refractivity contribution in [3.8, 4) is 0 Å². The van der Waals surface area contributed by atoms with Crippen molar-refractivity contribution in [1.82, 2.24) is 14.8 Å². The highest BCUT2D eigenvalue weighted by Gasteiger charge is 2.39. The van der Waals surface area contributed by atoms with Gasteiger partial charge in [-0.1, -0.05) is 0 Å². The Bertz CT molecular complexity index is 587. The van der Waals surface area contributed by atoms with E-state index in [1.54, 1.807) is 11.3 Å². The van der Waals surface area contributed by atoms with Crippen LogP contribution in [0.1, 0.15) is 25.7 Å². The summed E-state index contributed by atoms with van der Waals surface area (Å²) < 4.78 is 5.63. The summed E-state index contributed by atoms with van der Waals surface area (Å²) in [5.41, 5.74) is 6.54. The molecule has 1 aromatic rings. The summed E-state index contributed by atoms with van der Waals surface area (Å²) in [6.45, 7) is 8.61. The van der Waals surface area contributed by atoms with Gasteiger partial charge < -0.3 is 20.3 Å². The van der Waals surface area contributed by atoms with Gasteiger partial charge in [-0.25, -0.2) is 4.98 Å². The van der Waals surface area contributed by atoms with Crippen LogP contribution in [-0.2, 0) is 4.74 Å². The molecule has 0 aromatic carbocycles. The molecular weight excluding hydrogens is 348 g/mol. The van der Waals surface area contributed by atoms with Crippen molar-refractivity contribution in [2.75, 3.05) is 63.9 Å². The molecule has 1 aromatic heterocycles. The van der Waals surface area contributed by atoms with Crippen molar-refractivity contribution >= 4 is 22.4 Å². The van der Waals surface area contributed by atoms with Crippen molar-refractivity contribution in [2.24, 2.45) is 10.7 Å². The van der Waals surface area contributed by atoms with Crippen LogP contribution in [0.3, 0.4) is 0 Å². The molecule has 0 bridgehead atoms. The Morgan fingerprint density at radius 3 is 2.54 bits per heavy atom. The van der Waals surface area contributed by atoms with Crippen LogP contribution in [0.2, 0.25) is 0 Å². The first-order chi connectivity index (χ1) is 12.8. The van der Waals surface area contributed by atoms with E-state index in [0.29, 0.717) is 5.96 Å². The topological polar surface area (TPSA) is 70.2 Å². The molecule has 3 aliphatic rings. The highest BCUT2D eigenvalue weighted by molar-refractivity contribution is 7.13. The van der Waals surface area contributed by atoms with Crippen LogP contribution < -0.4 is 10.6 Å². The van der Waals surface area contributed by atoms with Gasteiger partial charge in [0.25, 0.3) is 0 Å². The Kier molecular flexibility index (Phi) is 5.61. The molecule has 4 rings (SSSR count). The number of anilines is 1. The van der Waals surface area contributed by atoms with Gasteiger partial charge in [0.1, 0.15) is 0 Å². The average Bonchev–Trinajstić information content (AvgIpc) is 3.41. The maximum atomic E-state index is 6.38. The van der Waals surface area contributed by atoms with Gasteiger partial charge in [-0.2, -0.15) is 0 Å². The van der Waals surface area contributed by atoms with Crippen LogP contribution in [0.4, 0.5) is 5.13 Å². The fourth-order valence-electron chi connectivity index (χ4n) is 4.34. The summed E-state index contributed by atoms with van der Waals surface area (Å²) in [7, 11) is 0. The van der Waals surface area contributed by atoms with E-state index in [4.69, 9.17) is 15.5 Å². The smallest absolute Gasteiger partial charge is 0.191 e. The van der Waals surface area contributed by atoms with Crippen LogP contribution in [-0.4, -0.2) is 85.3 Å². The first-order valence-corrected chi connectivity index (χ1v) is 10.7. The number of piperazine rings is 1. The minimum Gasteiger partial charge on any atom is -0.381 e. The number of nitrogens with zero attached hydrogens (tertiary/aromatic N) is 5. The minimum absolute atomic E-state index is 0.155. The third kappa shape index (κ3) is 3.82. The van der Waals surface area contributed by atoms with Gasteiger partial charge in [-0.05, 0) is 38.8 Å². The van der Waals surface area contributed by atoms with Crippen LogP contribution in [0.25, 0.3) is 0 Å². The number of hydrogen-bond acceptors (Lipinski definition) is 6. The van der Waals surface area contributed by atoms with Crippen molar-refractivity contribution in [1.29, 1.82) is 0 Å². The molecule has 0 aliphatic carbocycles. The molecule has 0 spiro atoms. The number of likely N-dealkylation sites (tertiary alicyclic amines) is 1. The Hall–Kier alpha value is -1.38. The minimum atomic E-state index is 0.155. The number of guanidine groups is 1. The van der Waals surface area contributed by atoms with E-state index < -0.39 is 0 Å². The summed E-state index contributed by atoms with van der Waals surface area (Å²) in [5, 5.41) is 3.14. The van der Waals surface area contributed by atoms with E-state index in [1.807, 2.05) is 11.6 Å². The number of aliphatic imine (C=N–C) groups is 1. The number of thiazole rings is 1. The van der Waals surface area contributed by atoms with Crippen LogP contribution in [0.5, 0.6) is 0 Å². The molecule has 144 valence electrons. The number of rotatable bonds is 4. The Morgan fingerprint density at radius 2 is 1.88 bits per heavy atom. The van der Waals surface area contributed by atoms with E-state index in [-0.39, 0.29) is 5.54 Å². The average molecular weight is 379 g/mol. The number of nitrogens with two attached hydrogens (primary N) is 1. The van der Waals surface area contributed by atoms with E-state index in [2.05, 4.69) is 19.7 Å². The summed E-state index contributed by atoms with van der Waals surface area (Å²) in [4.78, 5) is 16.5. The van der Waals surface area contributed by atoms with Crippen LogP contribution in [0, 0.1) is 0 Å². The lowest BCUT2D eigenvalue weighted by atomic mass is 9.88. The second-order valence-electron chi connectivity index (χ2n) is 7.49. The molecule has 0 saturated carbocycles. The van der Waals surface area contributed by atoms with Gasteiger partial charge in [-0.3, -0.25) is 9.89 Å². The Morgan fingerprint density at radius 1 is 1.15 bits per heavy atom. The zero-order valence-electron chi connectivity index (χ0n) is 15.5. The second kappa shape index (κ2) is 8.10. The lowest BCUT2D eigenvalue weighted by Gasteiger charge is -2.44. The van der Waals surface area contributed by atoms with E-state index in [9.17, 15) is 0 Å². The molecular formula is C18H30N6OS. The molecule has 26 heavy (non-hydrogen) atoms. The van der Waals surface area contributed by atoms with Crippen molar-refractivity contribution in [3.05, 3.63) is 11.6 Å². The molecule has 3 fully saturated rings. The van der Waals surface area contributed by atoms with E-state index >= 15 is 0 Å². The predicted octanol–water partition coefficient (Wildman–Crippen LogP) is 1.22. The molecule has 0 unspecified atom stereocenters. The maximum absolute atomic E-state index is 6.38. The van der Waals surface area contributed by atoms with Gasteiger partial charge in [0.15, 0.2) is 11.1 Å². The molecule has 0 amide bonds. The molecule has 7 nitrogen and oxygen atoms in total. The molecule has 2 N–H and O–H groups in total. The highest BCUT2D eigenvalue weighted by atomic mass is 32.1. The van der Waals surface area contributed by atoms with Crippen molar-refractivity contribution < 1.29 is 4.74 Å².